The number of nitriles is 2. The summed E-state index contributed by atoms with van der Waals surface area (Å²) >= 11 is 0.985. The molecule has 1 aliphatic rings. The van der Waals surface area contributed by atoms with E-state index in [1.807, 2.05) is 0 Å². The molecule has 200 valence electrons. The summed E-state index contributed by atoms with van der Waals surface area (Å²) in [6, 6.07) is 12.9. The summed E-state index contributed by atoms with van der Waals surface area (Å²) in [5.74, 6) is -2.74. The fourth-order valence-electron chi connectivity index (χ4n) is 4.26. The Balaban J connectivity index is 2.00. The molecule has 1 atom stereocenters. The SMILES string of the molecule is CCc1c(C#N)c(SC(C(N)=O)c2ccccc2)nc(N2CCC(CN)(OC(=O)C(F)(F)F)CC2)c1C#N. The molecule has 1 aliphatic heterocycles. The van der Waals surface area contributed by atoms with E-state index in [1.54, 1.807) is 42.2 Å². The second-order valence-electron chi connectivity index (χ2n) is 8.62. The molecule has 38 heavy (non-hydrogen) atoms. The van der Waals surface area contributed by atoms with Gasteiger partial charge in [-0.3, -0.25) is 4.79 Å². The summed E-state index contributed by atoms with van der Waals surface area (Å²) in [6.45, 7) is 1.62. The maximum Gasteiger partial charge on any atom is 0.490 e. The predicted octanol–water partition coefficient (Wildman–Crippen LogP) is 3.11. The molecule has 9 nitrogen and oxygen atoms in total. The van der Waals surface area contributed by atoms with Crippen molar-refractivity contribution in [2.45, 2.75) is 48.2 Å². The molecule has 1 aromatic carbocycles. The zero-order valence-corrected chi connectivity index (χ0v) is 21.2. The van der Waals surface area contributed by atoms with E-state index in [-0.39, 0.29) is 54.4 Å². The maximum absolute atomic E-state index is 12.8. The molecule has 0 aliphatic carbocycles. The first-order chi connectivity index (χ1) is 18.0. The standard InChI is InChI=1S/C25H25F3N6O3S/c1-2-16-17(12-29)21(34-10-8-24(14-31,9-11-34)37-23(36)25(26,27)28)33-22(18(16)13-30)38-19(20(32)35)15-6-4-3-5-7-15/h3-7,19H,2,8-11,14,31H2,1H3,(H2,32,35). The molecule has 1 amide bonds. The van der Waals surface area contributed by atoms with Gasteiger partial charge < -0.3 is 21.1 Å². The van der Waals surface area contributed by atoms with Crippen LogP contribution in [0, 0.1) is 22.7 Å². The van der Waals surface area contributed by atoms with Crippen molar-refractivity contribution in [1.82, 2.24) is 4.98 Å². The number of esters is 1. The maximum atomic E-state index is 12.8. The Morgan fingerprint density at radius 3 is 2.26 bits per heavy atom. The van der Waals surface area contributed by atoms with E-state index in [0.29, 0.717) is 17.5 Å². The Hall–Kier alpha value is -3.81. The van der Waals surface area contributed by atoms with Crippen molar-refractivity contribution in [3.63, 3.8) is 0 Å². The van der Waals surface area contributed by atoms with Crippen LogP contribution < -0.4 is 16.4 Å². The van der Waals surface area contributed by atoms with Gasteiger partial charge >= 0.3 is 12.1 Å². The number of rotatable bonds is 8. The Morgan fingerprint density at radius 2 is 1.79 bits per heavy atom. The van der Waals surface area contributed by atoms with E-state index < -0.39 is 28.9 Å². The van der Waals surface area contributed by atoms with Gasteiger partial charge in [-0.1, -0.05) is 49.0 Å². The Bertz CT molecular complexity index is 1280. The molecular formula is C25H25F3N6O3S. The number of piperidine rings is 1. The van der Waals surface area contributed by atoms with Crippen molar-refractivity contribution < 1.29 is 27.5 Å². The molecule has 13 heteroatoms. The number of anilines is 1. The van der Waals surface area contributed by atoms with Crippen LogP contribution in [0.25, 0.3) is 0 Å². The van der Waals surface area contributed by atoms with Crippen LogP contribution in [0.4, 0.5) is 19.0 Å². The van der Waals surface area contributed by atoms with E-state index in [4.69, 9.17) is 16.2 Å². The van der Waals surface area contributed by atoms with Crippen molar-refractivity contribution in [3.05, 3.63) is 52.6 Å². The highest BCUT2D eigenvalue weighted by Crippen LogP contribution is 2.40. The zero-order chi connectivity index (χ0) is 28.1. The van der Waals surface area contributed by atoms with Crippen LogP contribution in [0.2, 0.25) is 0 Å². The van der Waals surface area contributed by atoms with Gasteiger partial charge in [0.1, 0.15) is 33.8 Å². The third-order valence-corrected chi connectivity index (χ3v) is 7.56. The first-order valence-corrected chi connectivity index (χ1v) is 12.5. The molecule has 3 rings (SSSR count). The van der Waals surface area contributed by atoms with E-state index in [0.717, 1.165) is 11.8 Å². The lowest BCUT2D eigenvalue weighted by Crippen LogP contribution is -2.53. The van der Waals surface area contributed by atoms with E-state index >= 15 is 0 Å². The zero-order valence-electron chi connectivity index (χ0n) is 20.4. The number of thioether (sulfide) groups is 1. The number of aromatic nitrogens is 1. The molecule has 1 saturated heterocycles. The molecule has 1 fully saturated rings. The highest BCUT2D eigenvalue weighted by atomic mass is 32.2. The van der Waals surface area contributed by atoms with Crippen molar-refractivity contribution >= 4 is 29.5 Å². The number of alkyl halides is 3. The predicted molar refractivity (Wildman–Crippen MR) is 133 cm³/mol. The smallest absolute Gasteiger partial charge is 0.451 e. The molecule has 0 saturated carbocycles. The number of halogens is 3. The topological polar surface area (TPSA) is 159 Å². The van der Waals surface area contributed by atoms with Gasteiger partial charge in [0.05, 0.1) is 11.1 Å². The van der Waals surface area contributed by atoms with Crippen molar-refractivity contribution in [2.24, 2.45) is 11.5 Å². The van der Waals surface area contributed by atoms with E-state index in [2.05, 4.69) is 17.1 Å². The number of nitrogens with zero attached hydrogens (tertiary/aromatic N) is 4. The number of amides is 1. The molecule has 1 aromatic heterocycles. The number of benzene rings is 1. The van der Waals surface area contributed by atoms with Crippen molar-refractivity contribution in [3.8, 4) is 12.1 Å². The first kappa shape index (κ1) is 28.8. The van der Waals surface area contributed by atoms with Gasteiger partial charge in [-0.15, -0.1) is 0 Å². The summed E-state index contributed by atoms with van der Waals surface area (Å²) in [6.07, 6.45) is -4.91. The molecule has 1 unspecified atom stereocenters. The lowest BCUT2D eigenvalue weighted by Gasteiger charge is -2.41. The van der Waals surface area contributed by atoms with Crippen LogP contribution in [0.1, 0.15) is 47.3 Å². The quantitative estimate of drug-likeness (QED) is 0.375. The van der Waals surface area contributed by atoms with Crippen molar-refractivity contribution in [2.75, 3.05) is 24.5 Å². The van der Waals surface area contributed by atoms with Gasteiger partial charge in [0.25, 0.3) is 0 Å². The Kier molecular flexibility index (Phi) is 8.86. The number of ether oxygens (including phenoxy) is 1. The van der Waals surface area contributed by atoms with Gasteiger partial charge in [-0.25, -0.2) is 9.78 Å². The Labute approximate surface area is 221 Å². The lowest BCUT2D eigenvalue weighted by atomic mass is 9.90. The second kappa shape index (κ2) is 11.7. The van der Waals surface area contributed by atoms with Crippen LogP contribution in [0.3, 0.4) is 0 Å². The Morgan fingerprint density at radius 1 is 1.18 bits per heavy atom. The highest BCUT2D eigenvalue weighted by Gasteiger charge is 2.47. The fourth-order valence-corrected chi connectivity index (χ4v) is 5.31. The van der Waals surface area contributed by atoms with Gasteiger partial charge in [-0.2, -0.15) is 23.7 Å². The average molecular weight is 547 g/mol. The largest absolute Gasteiger partial charge is 0.490 e. The minimum atomic E-state index is -5.15. The molecule has 0 spiro atoms. The van der Waals surface area contributed by atoms with E-state index in [1.165, 1.54) is 0 Å². The fraction of sp³-hybridized carbons (Fsp3) is 0.400. The number of hydrogen-bond acceptors (Lipinski definition) is 9. The van der Waals surface area contributed by atoms with Crippen LogP contribution in [0.5, 0.6) is 0 Å². The molecular weight excluding hydrogens is 521 g/mol. The third-order valence-electron chi connectivity index (χ3n) is 6.30. The monoisotopic (exact) mass is 546 g/mol. The van der Waals surface area contributed by atoms with Crippen LogP contribution in [-0.2, 0) is 20.7 Å². The number of nitrogens with two attached hydrogens (primary N) is 2. The first-order valence-electron chi connectivity index (χ1n) is 11.6. The molecule has 0 bridgehead atoms. The van der Waals surface area contributed by atoms with E-state index in [9.17, 15) is 33.3 Å². The average Bonchev–Trinajstić information content (AvgIpc) is 2.90. The number of pyridine rings is 1. The van der Waals surface area contributed by atoms with Gasteiger partial charge in [0.2, 0.25) is 5.91 Å². The molecule has 2 aromatic rings. The summed E-state index contributed by atoms with van der Waals surface area (Å²) in [5, 5.41) is 19.2. The number of hydrogen-bond donors (Lipinski definition) is 2. The molecule has 2 heterocycles. The summed E-state index contributed by atoms with van der Waals surface area (Å²) in [7, 11) is 0. The van der Waals surface area contributed by atoms with Gasteiger partial charge in [0, 0.05) is 32.5 Å². The summed E-state index contributed by atoms with van der Waals surface area (Å²) in [5.41, 5.74) is 11.2. The lowest BCUT2D eigenvalue weighted by molar-refractivity contribution is -0.215. The summed E-state index contributed by atoms with van der Waals surface area (Å²) < 4.78 is 43.2. The highest BCUT2D eigenvalue weighted by molar-refractivity contribution is 8.00. The number of primary amides is 1. The second-order valence-corrected chi connectivity index (χ2v) is 9.71. The minimum absolute atomic E-state index is 0.0320. The normalized spacial score (nSPS) is 15.7. The van der Waals surface area contributed by atoms with Gasteiger partial charge in [0.15, 0.2) is 0 Å². The van der Waals surface area contributed by atoms with Crippen LogP contribution in [-0.4, -0.2) is 48.3 Å². The molecule has 4 N–H and O–H groups in total. The molecule has 0 radical (unpaired) electrons. The van der Waals surface area contributed by atoms with Crippen LogP contribution in [0.15, 0.2) is 35.4 Å². The third kappa shape index (κ3) is 6.01. The van der Waals surface area contributed by atoms with Crippen LogP contribution >= 0.6 is 11.8 Å². The van der Waals surface area contributed by atoms with Gasteiger partial charge in [-0.05, 0) is 17.5 Å². The summed E-state index contributed by atoms with van der Waals surface area (Å²) in [4.78, 5) is 30.1. The minimum Gasteiger partial charge on any atom is -0.451 e. The van der Waals surface area contributed by atoms with Crippen molar-refractivity contribution in [1.29, 1.82) is 10.5 Å². The number of carbonyl (C=O) groups excluding carboxylic acids is 2. The number of carbonyl (C=O) groups is 2.